The first-order valence-electron chi connectivity index (χ1n) is 4.77. The van der Waals surface area contributed by atoms with Crippen LogP contribution in [0.4, 0.5) is 0 Å². The van der Waals surface area contributed by atoms with Crippen LogP contribution in [0.2, 0.25) is 0 Å². The molecule has 0 bridgehead atoms. The van der Waals surface area contributed by atoms with Gasteiger partial charge in [0.25, 0.3) is 0 Å². The van der Waals surface area contributed by atoms with Gasteiger partial charge in [-0.05, 0) is 19.9 Å². The maximum Gasteiger partial charge on any atom is 0.0774 e. The third kappa shape index (κ3) is 1.63. The summed E-state index contributed by atoms with van der Waals surface area (Å²) in [6, 6.07) is 0.501. The highest BCUT2D eigenvalue weighted by Gasteiger charge is 2.31. The van der Waals surface area contributed by atoms with Crippen LogP contribution in [0.5, 0.6) is 0 Å². The fourth-order valence-electron chi connectivity index (χ4n) is 2.02. The van der Waals surface area contributed by atoms with E-state index in [1.807, 2.05) is 0 Å². The molecule has 0 aliphatic carbocycles. The molecule has 0 spiro atoms. The molecular formula is C9H17NO2. The molecule has 2 rings (SSSR count). The van der Waals surface area contributed by atoms with Crippen LogP contribution in [0.15, 0.2) is 0 Å². The van der Waals surface area contributed by atoms with Gasteiger partial charge in [0.1, 0.15) is 0 Å². The third-order valence-electron chi connectivity index (χ3n) is 2.82. The lowest BCUT2D eigenvalue weighted by atomic mass is 10.1. The molecule has 3 heteroatoms. The first kappa shape index (κ1) is 8.48. The topological polar surface area (TPSA) is 21.7 Å². The van der Waals surface area contributed by atoms with Crippen LogP contribution in [-0.2, 0) is 9.47 Å². The molecule has 2 atom stereocenters. The van der Waals surface area contributed by atoms with Gasteiger partial charge in [-0.15, -0.1) is 0 Å². The van der Waals surface area contributed by atoms with Gasteiger partial charge in [-0.2, -0.15) is 0 Å². The Labute approximate surface area is 73.6 Å². The van der Waals surface area contributed by atoms with Gasteiger partial charge in [0.15, 0.2) is 0 Å². The zero-order valence-corrected chi connectivity index (χ0v) is 7.66. The van der Waals surface area contributed by atoms with Gasteiger partial charge in [0.2, 0.25) is 0 Å². The molecule has 70 valence electrons. The van der Waals surface area contributed by atoms with E-state index < -0.39 is 0 Å². The summed E-state index contributed by atoms with van der Waals surface area (Å²) in [5.74, 6) is 0. The van der Waals surface area contributed by atoms with Crippen molar-refractivity contribution in [2.45, 2.75) is 25.0 Å². The Morgan fingerprint density at radius 1 is 1.33 bits per heavy atom. The molecule has 0 aromatic rings. The van der Waals surface area contributed by atoms with E-state index in [1.165, 1.54) is 0 Å². The van der Waals surface area contributed by atoms with Crippen LogP contribution in [-0.4, -0.2) is 50.5 Å². The number of rotatable bonds is 0. The second kappa shape index (κ2) is 3.73. The minimum absolute atomic E-state index is 0.422. The number of likely N-dealkylation sites (N-methyl/N-ethyl adjacent to an activating group) is 1. The summed E-state index contributed by atoms with van der Waals surface area (Å²) in [6.07, 6.45) is 2.64. The molecule has 0 aromatic heterocycles. The maximum atomic E-state index is 5.76. The zero-order valence-electron chi connectivity index (χ0n) is 7.66. The highest BCUT2D eigenvalue weighted by Crippen LogP contribution is 2.19. The van der Waals surface area contributed by atoms with E-state index in [0.29, 0.717) is 12.1 Å². The Hall–Kier alpha value is -0.120. The van der Waals surface area contributed by atoms with E-state index in [1.54, 1.807) is 0 Å². The second-order valence-corrected chi connectivity index (χ2v) is 3.67. The average Bonchev–Trinajstić information content (AvgIpc) is 2.29. The van der Waals surface area contributed by atoms with Crippen LogP contribution in [0.3, 0.4) is 0 Å². The SMILES string of the molecule is CN1CCCOC2CCOCC21. The van der Waals surface area contributed by atoms with Crippen molar-refractivity contribution in [1.29, 1.82) is 0 Å². The standard InChI is InChI=1S/C9H17NO2/c1-10-4-2-5-12-9-3-6-11-7-8(9)10/h8-9H,2-7H2,1H3. The Morgan fingerprint density at radius 3 is 3.17 bits per heavy atom. The van der Waals surface area contributed by atoms with Gasteiger partial charge < -0.3 is 9.47 Å². The predicted octanol–water partition coefficient (Wildman–Crippen LogP) is 0.496. The number of fused-ring (bicyclic) bond motifs is 1. The molecule has 2 aliphatic rings. The Bertz CT molecular complexity index is 151. The fraction of sp³-hybridized carbons (Fsp3) is 1.00. The molecule has 2 fully saturated rings. The first-order valence-corrected chi connectivity index (χ1v) is 4.77. The molecule has 0 saturated carbocycles. The molecule has 0 N–H and O–H groups in total. The lowest BCUT2D eigenvalue weighted by molar-refractivity contribution is -0.0688. The molecule has 0 amide bonds. The summed E-state index contributed by atoms with van der Waals surface area (Å²) in [7, 11) is 2.17. The van der Waals surface area contributed by atoms with Gasteiger partial charge in [0.05, 0.1) is 18.8 Å². The summed E-state index contributed by atoms with van der Waals surface area (Å²) in [6.45, 7) is 3.78. The second-order valence-electron chi connectivity index (χ2n) is 3.67. The van der Waals surface area contributed by atoms with E-state index in [0.717, 1.165) is 39.2 Å². The predicted molar refractivity (Wildman–Crippen MR) is 46.2 cm³/mol. The summed E-state index contributed by atoms with van der Waals surface area (Å²) in [4.78, 5) is 2.37. The number of ether oxygens (including phenoxy) is 2. The van der Waals surface area contributed by atoms with Crippen LogP contribution < -0.4 is 0 Å². The fourth-order valence-corrected chi connectivity index (χ4v) is 2.02. The molecule has 0 radical (unpaired) electrons. The molecule has 0 aromatic carbocycles. The van der Waals surface area contributed by atoms with Crippen molar-refractivity contribution in [2.24, 2.45) is 0 Å². The van der Waals surface area contributed by atoms with E-state index in [2.05, 4.69) is 11.9 Å². The van der Waals surface area contributed by atoms with Gasteiger partial charge in [-0.3, -0.25) is 4.90 Å². The highest BCUT2D eigenvalue weighted by molar-refractivity contribution is 4.83. The number of nitrogens with zero attached hydrogens (tertiary/aromatic N) is 1. The van der Waals surface area contributed by atoms with Gasteiger partial charge in [0, 0.05) is 19.8 Å². The molecule has 12 heavy (non-hydrogen) atoms. The van der Waals surface area contributed by atoms with Crippen molar-refractivity contribution in [3.05, 3.63) is 0 Å². The number of hydrogen-bond acceptors (Lipinski definition) is 3. The largest absolute Gasteiger partial charge is 0.380 e. The van der Waals surface area contributed by atoms with Crippen LogP contribution in [0.25, 0.3) is 0 Å². The van der Waals surface area contributed by atoms with Crippen LogP contribution in [0.1, 0.15) is 12.8 Å². The minimum atomic E-state index is 0.422. The average molecular weight is 171 g/mol. The lowest BCUT2D eigenvalue weighted by Gasteiger charge is -2.34. The van der Waals surface area contributed by atoms with E-state index in [9.17, 15) is 0 Å². The zero-order chi connectivity index (χ0) is 8.39. The van der Waals surface area contributed by atoms with Crippen molar-refractivity contribution in [2.75, 3.05) is 33.4 Å². The Morgan fingerprint density at radius 2 is 2.25 bits per heavy atom. The van der Waals surface area contributed by atoms with Gasteiger partial charge >= 0.3 is 0 Å². The molecule has 2 aliphatic heterocycles. The van der Waals surface area contributed by atoms with Crippen LogP contribution in [0, 0.1) is 0 Å². The lowest BCUT2D eigenvalue weighted by Crippen LogP contribution is -2.47. The summed E-state index contributed by atoms with van der Waals surface area (Å²) < 4.78 is 11.2. The van der Waals surface area contributed by atoms with Crippen LogP contribution >= 0.6 is 0 Å². The van der Waals surface area contributed by atoms with E-state index in [-0.39, 0.29) is 0 Å². The number of hydrogen-bond donors (Lipinski definition) is 0. The molecule has 2 unspecified atom stereocenters. The molecule has 2 heterocycles. The quantitative estimate of drug-likeness (QED) is 0.529. The van der Waals surface area contributed by atoms with Crippen molar-refractivity contribution < 1.29 is 9.47 Å². The minimum Gasteiger partial charge on any atom is -0.380 e. The molecular weight excluding hydrogens is 154 g/mol. The van der Waals surface area contributed by atoms with Gasteiger partial charge in [-0.1, -0.05) is 0 Å². The van der Waals surface area contributed by atoms with E-state index >= 15 is 0 Å². The van der Waals surface area contributed by atoms with E-state index in [4.69, 9.17) is 9.47 Å². The Kier molecular flexibility index (Phi) is 2.63. The molecule has 2 saturated heterocycles. The smallest absolute Gasteiger partial charge is 0.0774 e. The first-order chi connectivity index (χ1) is 5.88. The maximum absolute atomic E-state index is 5.76. The summed E-state index contributed by atoms with van der Waals surface area (Å²) >= 11 is 0. The monoisotopic (exact) mass is 171 g/mol. The molecule has 3 nitrogen and oxygen atoms in total. The van der Waals surface area contributed by atoms with Crippen molar-refractivity contribution in [1.82, 2.24) is 4.90 Å². The highest BCUT2D eigenvalue weighted by atomic mass is 16.5. The third-order valence-corrected chi connectivity index (χ3v) is 2.82. The van der Waals surface area contributed by atoms with Gasteiger partial charge in [-0.25, -0.2) is 0 Å². The normalized spacial score (nSPS) is 38.8. The van der Waals surface area contributed by atoms with Crippen molar-refractivity contribution >= 4 is 0 Å². The van der Waals surface area contributed by atoms with Crippen molar-refractivity contribution in [3.8, 4) is 0 Å². The van der Waals surface area contributed by atoms with Crippen molar-refractivity contribution in [3.63, 3.8) is 0 Å². The Balaban J connectivity index is 2.01. The summed E-state index contributed by atoms with van der Waals surface area (Å²) in [5, 5.41) is 0. The summed E-state index contributed by atoms with van der Waals surface area (Å²) in [5.41, 5.74) is 0.